The molecular weight excluding hydrogens is 310 g/mol. The molecule has 2 aromatic heterocycles. The molecule has 22 heavy (non-hydrogen) atoms. The van der Waals surface area contributed by atoms with Gasteiger partial charge in [-0.25, -0.2) is 9.97 Å². The fourth-order valence-corrected chi connectivity index (χ4v) is 3.58. The van der Waals surface area contributed by atoms with Crippen molar-refractivity contribution in [3.05, 3.63) is 18.6 Å². The summed E-state index contributed by atoms with van der Waals surface area (Å²) < 4.78 is 31.5. The van der Waals surface area contributed by atoms with Gasteiger partial charge < -0.3 is 15.4 Å². The zero-order valence-electron chi connectivity index (χ0n) is 11.9. The van der Waals surface area contributed by atoms with Crippen LogP contribution in [0.4, 0.5) is 5.82 Å². The van der Waals surface area contributed by atoms with Gasteiger partial charge in [0.2, 0.25) is 0 Å². The molecule has 1 saturated carbocycles. The van der Waals surface area contributed by atoms with E-state index in [1.165, 1.54) is 6.33 Å². The van der Waals surface area contributed by atoms with Crippen molar-refractivity contribution >= 4 is 27.2 Å². The number of hydrogen-bond acceptors (Lipinski definition) is 7. The van der Waals surface area contributed by atoms with Crippen LogP contribution in [0.2, 0.25) is 0 Å². The van der Waals surface area contributed by atoms with E-state index in [-0.39, 0.29) is 6.04 Å². The normalized spacial score (nSPS) is 25.8. The fourth-order valence-electron chi connectivity index (χ4n) is 2.86. The van der Waals surface area contributed by atoms with Gasteiger partial charge in [0.05, 0.1) is 24.6 Å². The van der Waals surface area contributed by atoms with Crippen LogP contribution in [0.3, 0.4) is 0 Å². The van der Waals surface area contributed by atoms with E-state index in [1.54, 1.807) is 0 Å². The van der Waals surface area contributed by atoms with Gasteiger partial charge in [0, 0.05) is 12.2 Å². The number of anilines is 1. The van der Waals surface area contributed by atoms with Crippen LogP contribution in [0, 0.1) is 0 Å². The van der Waals surface area contributed by atoms with Crippen molar-refractivity contribution in [1.29, 1.82) is 0 Å². The number of nitrogens with two attached hydrogens (primary N) is 1. The highest BCUT2D eigenvalue weighted by Gasteiger charge is 2.37. The van der Waals surface area contributed by atoms with Gasteiger partial charge in [0.25, 0.3) is 0 Å². The molecule has 0 spiro atoms. The quantitative estimate of drug-likeness (QED) is 0.693. The Balaban J connectivity index is 1.86. The Bertz CT molecular complexity index is 790. The van der Waals surface area contributed by atoms with Gasteiger partial charge in [0.15, 0.2) is 0 Å². The highest BCUT2D eigenvalue weighted by molar-refractivity contribution is 7.84. The number of nitrogen functional groups attached to an aromatic ring is 1. The molecule has 2 aromatic rings. The molecule has 1 aliphatic carbocycles. The van der Waals surface area contributed by atoms with E-state index in [1.807, 2.05) is 16.8 Å². The Morgan fingerprint density at radius 1 is 1.45 bits per heavy atom. The van der Waals surface area contributed by atoms with Crippen LogP contribution in [0.5, 0.6) is 0 Å². The van der Waals surface area contributed by atoms with E-state index >= 15 is 0 Å². The molecule has 2 heterocycles. The van der Waals surface area contributed by atoms with Crippen molar-refractivity contribution in [3.8, 4) is 0 Å². The number of aliphatic hydroxyl groups excluding tert-OH is 1. The molecular formula is C12H17N5O4S. The van der Waals surface area contributed by atoms with Crippen LogP contribution in [-0.2, 0) is 14.5 Å². The molecule has 120 valence electrons. The molecule has 1 aliphatic rings. The molecule has 0 amide bonds. The molecule has 3 atom stereocenters. The zero-order valence-corrected chi connectivity index (χ0v) is 12.7. The second kappa shape index (κ2) is 5.47. The van der Waals surface area contributed by atoms with Crippen LogP contribution in [-0.4, -0.2) is 47.3 Å². The van der Waals surface area contributed by atoms with Crippen molar-refractivity contribution in [2.75, 3.05) is 12.8 Å². The molecule has 10 heteroatoms. The highest BCUT2D eigenvalue weighted by atomic mass is 32.2. The number of rotatable bonds is 4. The second-order valence-corrected chi connectivity index (χ2v) is 6.73. The standard InChI is InChI=1S/C12H17N5O4S/c1-21-22(19,20)16-9-4-7(5-10(9)18)17-3-2-8-11(13)14-6-15-12(8)17/h2-3,6-7,9-10,16,18H,4-5H2,1H3,(H2,13,14,15)/t7-,9+,10+/m1/s1. The number of nitrogens with zero attached hydrogens (tertiary/aromatic N) is 3. The third kappa shape index (κ3) is 2.65. The zero-order chi connectivity index (χ0) is 15.9. The Kier molecular flexibility index (Phi) is 3.77. The van der Waals surface area contributed by atoms with Crippen molar-refractivity contribution in [2.45, 2.75) is 31.0 Å². The summed E-state index contributed by atoms with van der Waals surface area (Å²) in [7, 11) is -2.77. The lowest BCUT2D eigenvalue weighted by Gasteiger charge is -2.15. The molecule has 0 unspecified atom stereocenters. The topological polar surface area (TPSA) is 132 Å². The van der Waals surface area contributed by atoms with Gasteiger partial charge in [0.1, 0.15) is 17.8 Å². The molecule has 0 aliphatic heterocycles. The van der Waals surface area contributed by atoms with Gasteiger partial charge in [-0.3, -0.25) is 4.18 Å². The van der Waals surface area contributed by atoms with Crippen LogP contribution >= 0.6 is 0 Å². The van der Waals surface area contributed by atoms with E-state index in [2.05, 4.69) is 18.9 Å². The summed E-state index contributed by atoms with van der Waals surface area (Å²) in [5.41, 5.74) is 6.47. The van der Waals surface area contributed by atoms with Crippen molar-refractivity contribution in [2.24, 2.45) is 0 Å². The SMILES string of the molecule is COS(=O)(=O)N[C@H]1C[C@@H](n2ccc3c(N)ncnc32)C[C@@H]1O. The molecule has 4 N–H and O–H groups in total. The van der Waals surface area contributed by atoms with E-state index < -0.39 is 22.4 Å². The maximum absolute atomic E-state index is 11.5. The first-order valence-corrected chi connectivity index (χ1v) is 8.15. The van der Waals surface area contributed by atoms with E-state index in [4.69, 9.17) is 5.73 Å². The fraction of sp³-hybridized carbons (Fsp3) is 0.500. The first kappa shape index (κ1) is 15.2. The Hall–Kier alpha value is -1.75. The summed E-state index contributed by atoms with van der Waals surface area (Å²) in [5.74, 6) is 0.388. The number of aromatic nitrogens is 3. The lowest BCUT2D eigenvalue weighted by Crippen LogP contribution is -2.40. The lowest BCUT2D eigenvalue weighted by atomic mass is 10.2. The maximum Gasteiger partial charge on any atom is 0.335 e. The largest absolute Gasteiger partial charge is 0.391 e. The van der Waals surface area contributed by atoms with Gasteiger partial charge in [-0.2, -0.15) is 13.1 Å². The minimum absolute atomic E-state index is 0.0913. The molecule has 0 aromatic carbocycles. The third-order valence-electron chi connectivity index (χ3n) is 3.95. The molecule has 0 bridgehead atoms. The first-order valence-electron chi connectivity index (χ1n) is 6.74. The first-order chi connectivity index (χ1) is 10.4. The summed E-state index contributed by atoms with van der Waals surface area (Å²) in [6.07, 6.45) is 3.24. The second-order valence-electron chi connectivity index (χ2n) is 5.26. The van der Waals surface area contributed by atoms with Crippen LogP contribution in [0.1, 0.15) is 18.9 Å². The van der Waals surface area contributed by atoms with Crippen LogP contribution < -0.4 is 10.5 Å². The van der Waals surface area contributed by atoms with Crippen molar-refractivity contribution in [3.63, 3.8) is 0 Å². The lowest BCUT2D eigenvalue weighted by molar-refractivity contribution is 0.154. The summed E-state index contributed by atoms with van der Waals surface area (Å²) in [6, 6.07) is 1.11. The van der Waals surface area contributed by atoms with Gasteiger partial charge in [-0.05, 0) is 18.9 Å². The number of fused-ring (bicyclic) bond motifs is 1. The predicted molar refractivity (Wildman–Crippen MR) is 79.1 cm³/mol. The monoisotopic (exact) mass is 327 g/mol. The van der Waals surface area contributed by atoms with Crippen molar-refractivity contribution < 1.29 is 17.7 Å². The molecule has 9 nitrogen and oxygen atoms in total. The summed E-state index contributed by atoms with van der Waals surface area (Å²) in [6.45, 7) is 0. The Morgan fingerprint density at radius 3 is 2.95 bits per heavy atom. The van der Waals surface area contributed by atoms with E-state index in [0.717, 1.165) is 12.5 Å². The smallest absolute Gasteiger partial charge is 0.335 e. The minimum atomic E-state index is -3.84. The average molecular weight is 327 g/mol. The highest BCUT2D eigenvalue weighted by Crippen LogP contribution is 2.34. The van der Waals surface area contributed by atoms with E-state index in [0.29, 0.717) is 24.3 Å². The molecule has 0 saturated heterocycles. The van der Waals surface area contributed by atoms with Crippen LogP contribution in [0.25, 0.3) is 11.0 Å². The van der Waals surface area contributed by atoms with Gasteiger partial charge >= 0.3 is 10.3 Å². The van der Waals surface area contributed by atoms with Crippen LogP contribution in [0.15, 0.2) is 18.6 Å². The molecule has 0 radical (unpaired) electrons. The number of nitrogens with one attached hydrogen (secondary N) is 1. The van der Waals surface area contributed by atoms with Gasteiger partial charge in [-0.1, -0.05) is 0 Å². The van der Waals surface area contributed by atoms with E-state index in [9.17, 15) is 13.5 Å². The van der Waals surface area contributed by atoms with Gasteiger partial charge in [-0.15, -0.1) is 0 Å². The van der Waals surface area contributed by atoms with Crippen molar-refractivity contribution in [1.82, 2.24) is 19.3 Å². The minimum Gasteiger partial charge on any atom is -0.391 e. The summed E-state index contributed by atoms with van der Waals surface area (Å²) in [4.78, 5) is 8.15. The Morgan fingerprint density at radius 2 is 2.23 bits per heavy atom. The Labute approximate surface area is 127 Å². The average Bonchev–Trinajstić information content (AvgIpc) is 3.04. The third-order valence-corrected chi connectivity index (χ3v) is 4.98. The number of hydrogen-bond donors (Lipinski definition) is 3. The number of aliphatic hydroxyl groups is 1. The summed E-state index contributed by atoms with van der Waals surface area (Å²) in [5, 5.41) is 10.8. The molecule has 3 rings (SSSR count). The maximum atomic E-state index is 11.5. The summed E-state index contributed by atoms with van der Waals surface area (Å²) >= 11 is 0. The molecule has 1 fully saturated rings. The predicted octanol–water partition coefficient (Wildman–Crippen LogP) is -0.441.